The van der Waals surface area contributed by atoms with Crippen LogP contribution in [0.25, 0.3) is 0 Å². The van der Waals surface area contributed by atoms with Gasteiger partial charge in [-0.1, -0.05) is 6.07 Å². The standard InChI is InChI=1S/C12H11BrN4O3/c1-7-11(14-2)15-6-16-12(7)20-10-8(13)4-3-5-9(10)17(18)19/h3-6H,1-2H3,(H,14,15,16). The lowest BCUT2D eigenvalue weighted by molar-refractivity contribution is -0.385. The molecule has 1 aromatic carbocycles. The second-order valence-electron chi connectivity index (χ2n) is 3.85. The summed E-state index contributed by atoms with van der Waals surface area (Å²) in [7, 11) is 1.72. The number of nitro groups is 1. The summed E-state index contributed by atoms with van der Waals surface area (Å²) in [5.41, 5.74) is 0.531. The van der Waals surface area contributed by atoms with Crippen LogP contribution in [-0.2, 0) is 0 Å². The number of hydrogen-bond acceptors (Lipinski definition) is 6. The second-order valence-corrected chi connectivity index (χ2v) is 4.70. The van der Waals surface area contributed by atoms with Gasteiger partial charge in [-0.15, -0.1) is 0 Å². The molecule has 0 fully saturated rings. The summed E-state index contributed by atoms with van der Waals surface area (Å²) in [6.45, 7) is 1.77. The molecule has 0 atom stereocenters. The second kappa shape index (κ2) is 5.83. The molecule has 1 aromatic heterocycles. The highest BCUT2D eigenvalue weighted by atomic mass is 79.9. The Morgan fingerprint density at radius 1 is 1.40 bits per heavy atom. The van der Waals surface area contributed by atoms with Crippen LogP contribution in [0.3, 0.4) is 0 Å². The lowest BCUT2D eigenvalue weighted by Gasteiger charge is -2.11. The van der Waals surface area contributed by atoms with E-state index in [0.717, 1.165) is 0 Å². The van der Waals surface area contributed by atoms with Crippen molar-refractivity contribution in [3.8, 4) is 11.6 Å². The Labute approximate surface area is 123 Å². The van der Waals surface area contributed by atoms with Gasteiger partial charge in [0.1, 0.15) is 12.1 Å². The average molecular weight is 339 g/mol. The topological polar surface area (TPSA) is 90.2 Å². The van der Waals surface area contributed by atoms with Crippen molar-refractivity contribution < 1.29 is 9.66 Å². The fraction of sp³-hybridized carbons (Fsp3) is 0.167. The number of ether oxygens (including phenoxy) is 1. The van der Waals surface area contributed by atoms with Gasteiger partial charge in [0.2, 0.25) is 11.6 Å². The molecule has 0 aliphatic heterocycles. The van der Waals surface area contributed by atoms with Crippen molar-refractivity contribution >= 4 is 27.4 Å². The minimum Gasteiger partial charge on any atom is -0.430 e. The van der Waals surface area contributed by atoms with Crippen molar-refractivity contribution in [3.63, 3.8) is 0 Å². The molecular formula is C12H11BrN4O3. The van der Waals surface area contributed by atoms with Crippen molar-refractivity contribution in [1.29, 1.82) is 0 Å². The zero-order valence-corrected chi connectivity index (χ0v) is 12.3. The molecule has 1 N–H and O–H groups in total. The first-order chi connectivity index (χ1) is 9.54. The van der Waals surface area contributed by atoms with Gasteiger partial charge in [-0.3, -0.25) is 10.1 Å². The average Bonchev–Trinajstić information content (AvgIpc) is 2.42. The number of rotatable bonds is 4. The Bertz CT molecular complexity index is 663. The Kier molecular flexibility index (Phi) is 4.14. The van der Waals surface area contributed by atoms with E-state index in [9.17, 15) is 10.1 Å². The molecule has 0 saturated carbocycles. The maximum atomic E-state index is 11.0. The predicted molar refractivity (Wildman–Crippen MR) is 77.2 cm³/mol. The fourth-order valence-electron chi connectivity index (χ4n) is 1.63. The Morgan fingerprint density at radius 3 is 2.80 bits per heavy atom. The van der Waals surface area contributed by atoms with E-state index in [0.29, 0.717) is 15.9 Å². The first kappa shape index (κ1) is 14.2. The van der Waals surface area contributed by atoms with E-state index in [1.54, 1.807) is 26.1 Å². The van der Waals surface area contributed by atoms with E-state index in [1.165, 1.54) is 12.4 Å². The summed E-state index contributed by atoms with van der Waals surface area (Å²) in [6.07, 6.45) is 1.33. The van der Waals surface area contributed by atoms with Crippen molar-refractivity contribution in [3.05, 3.63) is 44.7 Å². The molecule has 0 unspecified atom stereocenters. The third-order valence-electron chi connectivity index (χ3n) is 2.62. The van der Waals surface area contributed by atoms with Crippen molar-refractivity contribution in [1.82, 2.24) is 9.97 Å². The lowest BCUT2D eigenvalue weighted by Crippen LogP contribution is -2.01. The first-order valence-electron chi connectivity index (χ1n) is 5.64. The van der Waals surface area contributed by atoms with Crippen LogP contribution in [0.5, 0.6) is 11.6 Å². The van der Waals surface area contributed by atoms with Gasteiger partial charge in [-0.2, -0.15) is 0 Å². The summed E-state index contributed by atoms with van der Waals surface area (Å²) in [6, 6.07) is 4.61. The third kappa shape index (κ3) is 2.69. The highest BCUT2D eigenvalue weighted by Crippen LogP contribution is 2.38. The zero-order chi connectivity index (χ0) is 14.7. The van der Waals surface area contributed by atoms with E-state index in [1.807, 2.05) is 0 Å². The molecule has 0 aliphatic rings. The number of para-hydroxylation sites is 1. The number of hydrogen-bond donors (Lipinski definition) is 1. The molecule has 0 spiro atoms. The van der Waals surface area contributed by atoms with Gasteiger partial charge in [0.25, 0.3) is 0 Å². The Hall–Kier alpha value is -2.22. The van der Waals surface area contributed by atoms with E-state index in [-0.39, 0.29) is 17.3 Å². The molecule has 8 heteroatoms. The summed E-state index contributed by atoms with van der Waals surface area (Å²) >= 11 is 3.24. The van der Waals surface area contributed by atoms with Crippen molar-refractivity contribution in [2.45, 2.75) is 6.92 Å². The van der Waals surface area contributed by atoms with Gasteiger partial charge in [0.05, 0.1) is 15.0 Å². The van der Waals surface area contributed by atoms with Crippen LogP contribution < -0.4 is 10.1 Å². The molecular weight excluding hydrogens is 328 g/mol. The molecule has 20 heavy (non-hydrogen) atoms. The highest BCUT2D eigenvalue weighted by molar-refractivity contribution is 9.10. The van der Waals surface area contributed by atoms with Gasteiger partial charge >= 0.3 is 5.69 Å². The zero-order valence-electron chi connectivity index (χ0n) is 10.8. The number of halogens is 1. The van der Waals surface area contributed by atoms with Crippen molar-refractivity contribution in [2.24, 2.45) is 0 Å². The van der Waals surface area contributed by atoms with Crippen molar-refractivity contribution in [2.75, 3.05) is 12.4 Å². The van der Waals surface area contributed by atoms with Gasteiger partial charge in [0, 0.05) is 13.1 Å². The first-order valence-corrected chi connectivity index (χ1v) is 6.44. The molecule has 0 amide bonds. The molecule has 7 nitrogen and oxygen atoms in total. The summed E-state index contributed by atoms with van der Waals surface area (Å²) in [5.74, 6) is 0.977. The summed E-state index contributed by atoms with van der Waals surface area (Å²) < 4.78 is 6.08. The number of nitrogens with zero attached hydrogens (tertiary/aromatic N) is 3. The van der Waals surface area contributed by atoms with Crippen LogP contribution in [-0.4, -0.2) is 21.9 Å². The third-order valence-corrected chi connectivity index (χ3v) is 3.24. The molecule has 2 rings (SSSR count). The van der Waals surface area contributed by atoms with E-state index in [4.69, 9.17) is 4.74 Å². The van der Waals surface area contributed by atoms with Crippen LogP contribution in [0.2, 0.25) is 0 Å². The van der Waals surface area contributed by atoms with E-state index < -0.39 is 4.92 Å². The monoisotopic (exact) mass is 338 g/mol. The minimum atomic E-state index is -0.504. The van der Waals surface area contributed by atoms with Gasteiger partial charge < -0.3 is 10.1 Å². The largest absolute Gasteiger partial charge is 0.430 e. The molecule has 0 radical (unpaired) electrons. The number of aromatic nitrogens is 2. The van der Waals surface area contributed by atoms with Gasteiger partial charge in [-0.25, -0.2) is 9.97 Å². The van der Waals surface area contributed by atoms with Crippen LogP contribution in [0.1, 0.15) is 5.56 Å². The van der Waals surface area contributed by atoms with Crippen LogP contribution in [0, 0.1) is 17.0 Å². The number of benzene rings is 1. The number of anilines is 1. The van der Waals surface area contributed by atoms with E-state index in [2.05, 4.69) is 31.2 Å². The maximum absolute atomic E-state index is 11.0. The maximum Gasteiger partial charge on any atom is 0.312 e. The van der Waals surface area contributed by atoms with Crippen LogP contribution >= 0.6 is 15.9 Å². The summed E-state index contributed by atoms with van der Waals surface area (Å²) in [4.78, 5) is 18.6. The highest BCUT2D eigenvalue weighted by Gasteiger charge is 2.20. The Morgan fingerprint density at radius 2 is 2.15 bits per heavy atom. The van der Waals surface area contributed by atoms with Gasteiger partial charge in [0.15, 0.2) is 0 Å². The Balaban J connectivity index is 2.48. The molecule has 104 valence electrons. The molecule has 0 bridgehead atoms. The SMILES string of the molecule is CNc1ncnc(Oc2c(Br)cccc2[N+](=O)[O-])c1C. The van der Waals surface area contributed by atoms with Gasteiger partial charge in [-0.05, 0) is 28.9 Å². The van der Waals surface area contributed by atoms with Crippen LogP contribution in [0.4, 0.5) is 11.5 Å². The molecule has 2 aromatic rings. The molecule has 1 heterocycles. The minimum absolute atomic E-state index is 0.112. The smallest absolute Gasteiger partial charge is 0.312 e. The molecule has 0 aliphatic carbocycles. The fourth-order valence-corrected chi connectivity index (χ4v) is 2.06. The number of nitrogens with one attached hydrogen (secondary N) is 1. The normalized spacial score (nSPS) is 10.2. The van der Waals surface area contributed by atoms with E-state index >= 15 is 0 Å². The predicted octanol–water partition coefficient (Wildman–Crippen LogP) is 3.29. The quantitative estimate of drug-likeness (QED) is 0.679. The summed E-state index contributed by atoms with van der Waals surface area (Å²) in [5, 5.41) is 13.9. The number of nitro benzene ring substituents is 1. The molecule has 0 saturated heterocycles. The lowest BCUT2D eigenvalue weighted by atomic mass is 10.3. The van der Waals surface area contributed by atoms with Crippen LogP contribution in [0.15, 0.2) is 29.0 Å².